The Balaban J connectivity index is 1.77. The summed E-state index contributed by atoms with van der Waals surface area (Å²) in [7, 11) is 1.98. The van der Waals surface area contributed by atoms with Crippen molar-refractivity contribution < 1.29 is 0 Å². The fourth-order valence-electron chi connectivity index (χ4n) is 2.32. The van der Waals surface area contributed by atoms with Crippen LogP contribution in [0.2, 0.25) is 0 Å². The SMILES string of the molecule is CN1C=C(c2cnc3c(Nc4nccs4)nccn23)CN1. The molecule has 21 heavy (non-hydrogen) atoms. The zero-order valence-electron chi connectivity index (χ0n) is 11.3. The van der Waals surface area contributed by atoms with Crippen LogP contribution in [-0.2, 0) is 0 Å². The van der Waals surface area contributed by atoms with E-state index in [2.05, 4.69) is 31.9 Å². The van der Waals surface area contributed by atoms with Crippen LogP contribution in [-0.4, -0.2) is 38.0 Å². The molecule has 4 heterocycles. The smallest absolute Gasteiger partial charge is 0.188 e. The van der Waals surface area contributed by atoms with E-state index in [-0.39, 0.29) is 0 Å². The largest absolute Gasteiger partial charge is 0.318 e. The minimum absolute atomic E-state index is 0.707. The summed E-state index contributed by atoms with van der Waals surface area (Å²) >= 11 is 1.53. The first-order chi connectivity index (χ1) is 10.3. The summed E-state index contributed by atoms with van der Waals surface area (Å²) in [4.78, 5) is 13.1. The van der Waals surface area contributed by atoms with Crippen LogP contribution in [0, 0.1) is 0 Å². The topological polar surface area (TPSA) is 70.4 Å². The maximum absolute atomic E-state index is 4.50. The van der Waals surface area contributed by atoms with E-state index < -0.39 is 0 Å². The first-order valence-electron chi connectivity index (χ1n) is 6.47. The number of hydrogen-bond donors (Lipinski definition) is 2. The molecule has 0 atom stereocenters. The lowest BCUT2D eigenvalue weighted by atomic mass is 10.2. The molecule has 0 unspecified atom stereocenters. The van der Waals surface area contributed by atoms with Gasteiger partial charge in [-0.05, 0) is 0 Å². The van der Waals surface area contributed by atoms with E-state index in [1.54, 1.807) is 12.4 Å². The van der Waals surface area contributed by atoms with Crippen molar-refractivity contribution in [3.8, 4) is 0 Å². The molecule has 0 radical (unpaired) electrons. The van der Waals surface area contributed by atoms with Gasteiger partial charge in [0.05, 0.1) is 11.9 Å². The molecular weight excluding hydrogens is 286 g/mol. The molecule has 1 aliphatic heterocycles. The molecule has 0 saturated carbocycles. The summed E-state index contributed by atoms with van der Waals surface area (Å²) in [6, 6.07) is 0. The van der Waals surface area contributed by atoms with Gasteiger partial charge in [0.2, 0.25) is 0 Å². The van der Waals surface area contributed by atoms with E-state index in [9.17, 15) is 0 Å². The predicted octanol–water partition coefficient (Wildman–Crippen LogP) is 1.72. The minimum Gasteiger partial charge on any atom is -0.318 e. The number of anilines is 2. The van der Waals surface area contributed by atoms with Gasteiger partial charge in [-0.3, -0.25) is 4.40 Å². The highest BCUT2D eigenvalue weighted by Gasteiger charge is 2.16. The highest BCUT2D eigenvalue weighted by molar-refractivity contribution is 7.13. The summed E-state index contributed by atoms with van der Waals surface area (Å²) in [6.07, 6.45) is 9.38. The zero-order valence-corrected chi connectivity index (χ0v) is 12.1. The molecular formula is C13H13N7S. The Bertz CT molecular complexity index is 805. The molecule has 2 N–H and O–H groups in total. The van der Waals surface area contributed by atoms with Gasteiger partial charge in [-0.2, -0.15) is 0 Å². The molecule has 0 fully saturated rings. The van der Waals surface area contributed by atoms with Crippen LogP contribution in [0.4, 0.5) is 10.9 Å². The normalized spacial score (nSPS) is 14.7. The number of hydrogen-bond acceptors (Lipinski definition) is 7. The van der Waals surface area contributed by atoms with E-state index in [0.29, 0.717) is 5.82 Å². The number of rotatable bonds is 3. The summed E-state index contributed by atoms with van der Waals surface area (Å²) in [5, 5.41) is 7.88. The van der Waals surface area contributed by atoms with E-state index >= 15 is 0 Å². The monoisotopic (exact) mass is 299 g/mol. The molecule has 8 heteroatoms. The molecule has 7 nitrogen and oxygen atoms in total. The second kappa shape index (κ2) is 4.83. The molecule has 0 amide bonds. The summed E-state index contributed by atoms with van der Waals surface area (Å²) in [5.74, 6) is 0.707. The van der Waals surface area contributed by atoms with Gasteiger partial charge in [0.25, 0.3) is 0 Å². The first-order valence-corrected chi connectivity index (χ1v) is 7.35. The third kappa shape index (κ3) is 2.14. The standard InChI is InChI=1S/C13H13N7S/c1-19-8-9(6-17-19)10-7-16-12-11(14-2-4-20(10)12)18-13-15-3-5-21-13/h2-5,7-8,17H,6H2,1H3,(H,14,15,18). The molecule has 0 aliphatic carbocycles. The van der Waals surface area contributed by atoms with E-state index in [4.69, 9.17) is 0 Å². The lowest BCUT2D eigenvalue weighted by Gasteiger charge is -2.05. The van der Waals surface area contributed by atoms with Crippen LogP contribution in [0.25, 0.3) is 11.2 Å². The van der Waals surface area contributed by atoms with Crippen LogP contribution < -0.4 is 10.7 Å². The highest BCUT2D eigenvalue weighted by Crippen LogP contribution is 2.24. The van der Waals surface area contributed by atoms with Gasteiger partial charge in [0, 0.05) is 49.3 Å². The average molecular weight is 299 g/mol. The number of fused-ring (bicyclic) bond motifs is 1. The third-order valence-electron chi connectivity index (χ3n) is 3.28. The predicted molar refractivity (Wildman–Crippen MR) is 82.1 cm³/mol. The molecule has 1 aliphatic rings. The van der Waals surface area contributed by atoms with Crippen LogP contribution in [0.15, 0.2) is 36.4 Å². The summed E-state index contributed by atoms with van der Waals surface area (Å²) in [6.45, 7) is 0.794. The van der Waals surface area contributed by atoms with Crippen molar-refractivity contribution in [1.29, 1.82) is 0 Å². The molecule has 0 saturated heterocycles. The van der Waals surface area contributed by atoms with Gasteiger partial charge in [0.1, 0.15) is 0 Å². The van der Waals surface area contributed by atoms with Crippen molar-refractivity contribution >= 4 is 33.5 Å². The molecule has 0 bridgehead atoms. The second-order valence-corrected chi connectivity index (χ2v) is 5.57. The maximum Gasteiger partial charge on any atom is 0.188 e. The van der Waals surface area contributed by atoms with E-state index in [1.807, 2.05) is 34.2 Å². The molecule has 0 aromatic carbocycles. The number of thiazole rings is 1. The second-order valence-electron chi connectivity index (χ2n) is 4.68. The van der Waals surface area contributed by atoms with Crippen molar-refractivity contribution in [1.82, 2.24) is 29.8 Å². The molecule has 3 aromatic rings. The minimum atomic E-state index is 0.707. The van der Waals surface area contributed by atoms with Crippen molar-refractivity contribution in [2.75, 3.05) is 18.9 Å². The Morgan fingerprint density at radius 1 is 1.29 bits per heavy atom. The molecule has 4 rings (SSSR count). The fourth-order valence-corrected chi connectivity index (χ4v) is 2.85. The van der Waals surface area contributed by atoms with Gasteiger partial charge >= 0.3 is 0 Å². The Kier molecular flexibility index (Phi) is 2.83. The molecule has 106 valence electrons. The van der Waals surface area contributed by atoms with Crippen LogP contribution >= 0.6 is 11.3 Å². The zero-order chi connectivity index (χ0) is 14.2. The van der Waals surface area contributed by atoms with Crippen molar-refractivity contribution in [3.63, 3.8) is 0 Å². The molecule has 3 aromatic heterocycles. The third-order valence-corrected chi connectivity index (χ3v) is 3.97. The van der Waals surface area contributed by atoms with Gasteiger partial charge in [-0.25, -0.2) is 20.4 Å². The fraction of sp³-hybridized carbons (Fsp3) is 0.154. The van der Waals surface area contributed by atoms with Gasteiger partial charge in [-0.15, -0.1) is 11.3 Å². The van der Waals surface area contributed by atoms with Crippen LogP contribution in [0.1, 0.15) is 5.69 Å². The number of aromatic nitrogens is 4. The van der Waals surface area contributed by atoms with Gasteiger partial charge < -0.3 is 10.3 Å². The number of hydrazine groups is 1. The number of nitrogens with one attached hydrogen (secondary N) is 2. The van der Waals surface area contributed by atoms with Crippen LogP contribution in [0.5, 0.6) is 0 Å². The Morgan fingerprint density at radius 2 is 2.24 bits per heavy atom. The molecule has 0 spiro atoms. The van der Waals surface area contributed by atoms with Gasteiger partial charge in [0.15, 0.2) is 16.6 Å². The Hall–Kier alpha value is -2.45. The Labute approximate surface area is 124 Å². The summed E-state index contributed by atoms with van der Waals surface area (Å²) < 4.78 is 2.04. The quantitative estimate of drug-likeness (QED) is 0.767. The lowest BCUT2D eigenvalue weighted by Crippen LogP contribution is -2.23. The van der Waals surface area contributed by atoms with E-state index in [0.717, 1.165) is 23.0 Å². The lowest BCUT2D eigenvalue weighted by molar-refractivity contribution is 0.374. The maximum atomic E-state index is 4.50. The van der Waals surface area contributed by atoms with Gasteiger partial charge in [-0.1, -0.05) is 0 Å². The van der Waals surface area contributed by atoms with Crippen molar-refractivity contribution in [2.24, 2.45) is 0 Å². The highest BCUT2D eigenvalue weighted by atomic mass is 32.1. The van der Waals surface area contributed by atoms with Crippen molar-refractivity contribution in [2.45, 2.75) is 0 Å². The van der Waals surface area contributed by atoms with Crippen molar-refractivity contribution in [3.05, 3.63) is 42.1 Å². The average Bonchev–Trinajstić information content (AvgIpc) is 3.18. The number of imidazole rings is 1. The van der Waals surface area contributed by atoms with Crippen LogP contribution in [0.3, 0.4) is 0 Å². The summed E-state index contributed by atoms with van der Waals surface area (Å²) in [5.41, 5.74) is 6.28. The van der Waals surface area contributed by atoms with E-state index in [1.165, 1.54) is 16.9 Å². The first kappa shape index (κ1) is 12.3. The number of nitrogens with zero attached hydrogens (tertiary/aromatic N) is 5. The Morgan fingerprint density at radius 3 is 3.00 bits per heavy atom.